The third-order valence-electron chi connectivity index (χ3n) is 6.48. The van der Waals surface area contributed by atoms with Crippen molar-refractivity contribution in [2.24, 2.45) is 5.92 Å². The molecule has 0 aromatic heterocycles. The van der Waals surface area contributed by atoms with Crippen LogP contribution in [-0.2, 0) is 6.61 Å². The summed E-state index contributed by atoms with van der Waals surface area (Å²) in [6.45, 7) is 0.267. The standard InChI is InChI=1S/C26H19BrCl5NO2/c1-34-21-8-13(7-17(27)26(21)35-11-12-5-6-14(28)9-18(12)29)24-16-4-2-3-15(16)22-23(32)19(30)10-20(31)25(22)33-24/h2-3,5-10,15-16,24,33H,4,11H2,1H3/t15-,16-,24-/m0/s1. The summed E-state index contributed by atoms with van der Waals surface area (Å²) in [4.78, 5) is 0. The molecule has 2 aliphatic rings. The SMILES string of the molecule is COc1cc([C@@H]2Nc3c(Cl)cc(Cl)c(Cl)c3[C@H]3C=CC[C@@H]32)cc(Br)c1OCc1ccc(Cl)cc1Cl. The highest BCUT2D eigenvalue weighted by Crippen LogP contribution is 2.55. The maximum atomic E-state index is 6.62. The number of rotatable bonds is 5. The Kier molecular flexibility index (Phi) is 7.43. The molecule has 0 radical (unpaired) electrons. The zero-order chi connectivity index (χ0) is 24.9. The summed E-state index contributed by atoms with van der Waals surface area (Å²) >= 11 is 35.6. The number of anilines is 1. The number of fused-ring (bicyclic) bond motifs is 3. The summed E-state index contributed by atoms with van der Waals surface area (Å²) in [5, 5.41) is 6.30. The van der Waals surface area contributed by atoms with Crippen LogP contribution < -0.4 is 14.8 Å². The van der Waals surface area contributed by atoms with Crippen molar-refractivity contribution in [1.82, 2.24) is 0 Å². The molecule has 0 bridgehead atoms. The van der Waals surface area contributed by atoms with E-state index in [1.807, 2.05) is 18.2 Å². The van der Waals surface area contributed by atoms with Gasteiger partial charge in [0.1, 0.15) is 6.61 Å². The fourth-order valence-corrected chi connectivity index (χ4v) is 6.68. The van der Waals surface area contributed by atoms with Gasteiger partial charge in [0.15, 0.2) is 11.5 Å². The van der Waals surface area contributed by atoms with Gasteiger partial charge in [0.2, 0.25) is 0 Å². The van der Waals surface area contributed by atoms with Gasteiger partial charge in [-0.15, -0.1) is 0 Å². The van der Waals surface area contributed by atoms with Gasteiger partial charge in [-0.05, 0) is 64.2 Å². The highest BCUT2D eigenvalue weighted by Gasteiger charge is 2.41. The molecule has 0 saturated heterocycles. The first kappa shape index (κ1) is 25.4. The fraction of sp³-hybridized carbons (Fsp3) is 0.231. The first-order valence-electron chi connectivity index (χ1n) is 10.8. The lowest BCUT2D eigenvalue weighted by molar-refractivity contribution is 0.282. The zero-order valence-corrected chi connectivity index (χ0v) is 23.7. The molecule has 1 aliphatic carbocycles. The first-order valence-corrected chi connectivity index (χ1v) is 13.5. The van der Waals surface area contributed by atoms with E-state index in [4.69, 9.17) is 67.5 Å². The van der Waals surface area contributed by atoms with E-state index < -0.39 is 0 Å². The molecule has 1 aliphatic heterocycles. The number of benzene rings is 3. The predicted octanol–water partition coefficient (Wildman–Crippen LogP) is 10.1. The average molecular weight is 635 g/mol. The summed E-state index contributed by atoms with van der Waals surface area (Å²) in [6, 6.07) is 11.0. The van der Waals surface area contributed by atoms with E-state index in [0.717, 1.165) is 33.3 Å². The number of allylic oxidation sites excluding steroid dienone is 2. The Balaban J connectivity index is 1.49. The molecule has 182 valence electrons. The van der Waals surface area contributed by atoms with Crippen LogP contribution in [0, 0.1) is 5.92 Å². The molecule has 5 rings (SSSR count). The van der Waals surface area contributed by atoms with E-state index in [1.165, 1.54) is 0 Å². The highest BCUT2D eigenvalue weighted by atomic mass is 79.9. The summed E-state index contributed by atoms with van der Waals surface area (Å²) in [6.07, 6.45) is 5.27. The van der Waals surface area contributed by atoms with Crippen LogP contribution in [-0.4, -0.2) is 7.11 Å². The molecule has 0 fully saturated rings. The maximum absolute atomic E-state index is 6.62. The lowest BCUT2D eigenvalue weighted by atomic mass is 9.77. The van der Waals surface area contributed by atoms with Crippen molar-refractivity contribution in [3.8, 4) is 11.5 Å². The Morgan fingerprint density at radius 1 is 1.00 bits per heavy atom. The number of hydrogen-bond donors (Lipinski definition) is 1. The molecule has 1 N–H and O–H groups in total. The summed E-state index contributed by atoms with van der Waals surface area (Å²) in [7, 11) is 1.62. The second-order valence-corrected chi connectivity index (χ2v) is 11.4. The minimum Gasteiger partial charge on any atom is -0.493 e. The van der Waals surface area contributed by atoms with E-state index in [-0.39, 0.29) is 24.5 Å². The van der Waals surface area contributed by atoms with Crippen molar-refractivity contribution < 1.29 is 9.47 Å². The zero-order valence-electron chi connectivity index (χ0n) is 18.3. The Morgan fingerprint density at radius 3 is 2.54 bits per heavy atom. The van der Waals surface area contributed by atoms with Crippen LogP contribution >= 0.6 is 73.9 Å². The van der Waals surface area contributed by atoms with Gasteiger partial charge in [-0.1, -0.05) is 76.2 Å². The Morgan fingerprint density at radius 2 is 1.80 bits per heavy atom. The molecule has 35 heavy (non-hydrogen) atoms. The van der Waals surface area contributed by atoms with Crippen LogP contribution in [0.1, 0.15) is 35.1 Å². The second-order valence-electron chi connectivity index (χ2n) is 8.48. The molecule has 3 aromatic rings. The van der Waals surface area contributed by atoms with Crippen molar-refractivity contribution in [1.29, 1.82) is 0 Å². The first-order chi connectivity index (χ1) is 16.8. The van der Waals surface area contributed by atoms with Gasteiger partial charge < -0.3 is 14.8 Å². The van der Waals surface area contributed by atoms with Gasteiger partial charge in [-0.3, -0.25) is 0 Å². The van der Waals surface area contributed by atoms with Crippen molar-refractivity contribution in [2.75, 3.05) is 12.4 Å². The van der Waals surface area contributed by atoms with Crippen LogP contribution in [0.4, 0.5) is 5.69 Å². The van der Waals surface area contributed by atoms with Gasteiger partial charge in [-0.25, -0.2) is 0 Å². The molecule has 9 heteroatoms. The highest BCUT2D eigenvalue weighted by molar-refractivity contribution is 9.10. The normalized spacial score (nSPS) is 20.3. The van der Waals surface area contributed by atoms with Crippen molar-refractivity contribution in [2.45, 2.75) is 25.0 Å². The van der Waals surface area contributed by atoms with E-state index in [1.54, 1.807) is 25.3 Å². The molecule has 1 heterocycles. The van der Waals surface area contributed by atoms with Crippen LogP contribution in [0.2, 0.25) is 25.1 Å². The summed E-state index contributed by atoms with van der Waals surface area (Å²) < 4.78 is 12.6. The molecule has 0 amide bonds. The molecule has 3 aromatic carbocycles. The number of nitrogens with one attached hydrogen (secondary N) is 1. The van der Waals surface area contributed by atoms with Crippen molar-refractivity contribution in [3.63, 3.8) is 0 Å². The molecule has 0 unspecified atom stereocenters. The quantitative estimate of drug-likeness (QED) is 0.224. The third kappa shape index (κ3) is 4.74. The van der Waals surface area contributed by atoms with Gasteiger partial charge >= 0.3 is 0 Å². The number of halogens is 6. The molecular formula is C26H19BrCl5NO2. The van der Waals surface area contributed by atoms with Gasteiger partial charge in [0.05, 0.1) is 38.4 Å². The molecular weight excluding hydrogens is 615 g/mol. The van der Waals surface area contributed by atoms with Crippen LogP contribution in [0.3, 0.4) is 0 Å². The van der Waals surface area contributed by atoms with E-state index in [2.05, 4.69) is 33.4 Å². The largest absolute Gasteiger partial charge is 0.493 e. The molecule has 0 saturated carbocycles. The minimum absolute atomic E-state index is 0.0257. The topological polar surface area (TPSA) is 30.5 Å². The monoisotopic (exact) mass is 631 g/mol. The summed E-state index contributed by atoms with van der Waals surface area (Å²) in [5.74, 6) is 1.54. The van der Waals surface area contributed by atoms with Crippen molar-refractivity contribution in [3.05, 3.63) is 94.8 Å². The summed E-state index contributed by atoms with van der Waals surface area (Å²) in [5.41, 5.74) is 3.62. The fourth-order valence-electron chi connectivity index (χ4n) is 4.84. The molecule has 0 spiro atoms. The number of ether oxygens (including phenoxy) is 2. The van der Waals surface area contributed by atoms with Gasteiger partial charge in [-0.2, -0.15) is 0 Å². The van der Waals surface area contributed by atoms with Crippen LogP contribution in [0.5, 0.6) is 11.5 Å². The smallest absolute Gasteiger partial charge is 0.175 e. The van der Waals surface area contributed by atoms with Gasteiger partial charge in [0, 0.05) is 27.1 Å². The minimum atomic E-state index is -0.0257. The van der Waals surface area contributed by atoms with Crippen molar-refractivity contribution >= 4 is 79.6 Å². The van der Waals surface area contributed by atoms with E-state index >= 15 is 0 Å². The number of methoxy groups -OCH3 is 1. The van der Waals surface area contributed by atoms with Crippen LogP contribution in [0.15, 0.2) is 53.0 Å². The molecule has 3 nitrogen and oxygen atoms in total. The Bertz CT molecular complexity index is 1350. The lowest BCUT2D eigenvalue weighted by Crippen LogP contribution is -2.29. The van der Waals surface area contributed by atoms with E-state index in [0.29, 0.717) is 36.6 Å². The number of hydrogen-bond acceptors (Lipinski definition) is 3. The van der Waals surface area contributed by atoms with E-state index in [9.17, 15) is 0 Å². The molecule has 3 atom stereocenters. The second kappa shape index (κ2) is 10.2. The lowest BCUT2D eigenvalue weighted by Gasteiger charge is -2.38. The third-order valence-corrected chi connectivity index (χ3v) is 8.76. The maximum Gasteiger partial charge on any atom is 0.175 e. The predicted molar refractivity (Wildman–Crippen MR) is 149 cm³/mol. The van der Waals surface area contributed by atoms with Crippen LogP contribution in [0.25, 0.3) is 0 Å². The van der Waals surface area contributed by atoms with Gasteiger partial charge in [0.25, 0.3) is 0 Å². The Hall–Kier alpha value is -1.27. The average Bonchev–Trinajstić information content (AvgIpc) is 3.31. The Labute approximate surface area is 237 Å².